The number of esters is 1. The van der Waals surface area contributed by atoms with E-state index in [0.29, 0.717) is 12.1 Å². The Labute approximate surface area is 130 Å². The van der Waals surface area contributed by atoms with E-state index < -0.39 is 5.97 Å². The molecule has 0 aliphatic heterocycles. The Morgan fingerprint density at radius 3 is 2.41 bits per heavy atom. The number of amides is 1. The van der Waals surface area contributed by atoms with E-state index >= 15 is 0 Å². The van der Waals surface area contributed by atoms with Gasteiger partial charge in [-0.2, -0.15) is 0 Å². The lowest BCUT2D eigenvalue weighted by Crippen LogP contribution is -2.28. The summed E-state index contributed by atoms with van der Waals surface area (Å²) in [6.45, 7) is 4.04. The van der Waals surface area contributed by atoms with E-state index in [0.717, 1.165) is 16.7 Å². The van der Waals surface area contributed by atoms with Gasteiger partial charge in [0, 0.05) is 6.54 Å². The van der Waals surface area contributed by atoms with Gasteiger partial charge in [0.25, 0.3) is 5.91 Å². The first-order valence-electron chi connectivity index (χ1n) is 7.11. The summed E-state index contributed by atoms with van der Waals surface area (Å²) in [6.07, 6.45) is 0. The first-order chi connectivity index (χ1) is 10.6. The minimum Gasteiger partial charge on any atom is -0.452 e. The zero-order chi connectivity index (χ0) is 15.9. The van der Waals surface area contributed by atoms with Gasteiger partial charge in [0.05, 0.1) is 5.56 Å². The molecule has 2 rings (SSSR count). The molecule has 0 aromatic heterocycles. The second-order valence-electron chi connectivity index (χ2n) is 5.14. The van der Waals surface area contributed by atoms with Gasteiger partial charge in [0.15, 0.2) is 6.61 Å². The number of aryl methyl sites for hydroxylation is 2. The van der Waals surface area contributed by atoms with Gasteiger partial charge >= 0.3 is 5.97 Å². The summed E-state index contributed by atoms with van der Waals surface area (Å²) >= 11 is 0. The minimum atomic E-state index is -0.488. The standard InChI is InChI=1S/C18H19NO3/c1-13-8-9-16(10-14(13)2)18(21)22-12-17(20)19-11-15-6-4-3-5-7-15/h3-10H,11-12H2,1-2H3,(H,19,20). The van der Waals surface area contributed by atoms with Crippen LogP contribution >= 0.6 is 0 Å². The highest BCUT2D eigenvalue weighted by atomic mass is 16.5. The average Bonchev–Trinajstić information content (AvgIpc) is 2.54. The molecule has 4 heteroatoms. The molecule has 0 fully saturated rings. The van der Waals surface area contributed by atoms with Crippen molar-refractivity contribution in [3.05, 3.63) is 70.8 Å². The maximum atomic E-state index is 11.9. The van der Waals surface area contributed by atoms with Crippen LogP contribution in [0.15, 0.2) is 48.5 Å². The average molecular weight is 297 g/mol. The molecule has 0 heterocycles. The Morgan fingerprint density at radius 2 is 1.73 bits per heavy atom. The highest BCUT2D eigenvalue weighted by molar-refractivity contribution is 5.91. The smallest absolute Gasteiger partial charge is 0.338 e. The van der Waals surface area contributed by atoms with Crippen molar-refractivity contribution in [1.82, 2.24) is 5.32 Å². The first-order valence-corrected chi connectivity index (χ1v) is 7.11. The number of hydrogen-bond donors (Lipinski definition) is 1. The number of carbonyl (C=O) groups excluding carboxylic acids is 2. The van der Waals surface area contributed by atoms with Crippen LogP contribution in [0.3, 0.4) is 0 Å². The lowest BCUT2D eigenvalue weighted by atomic mass is 10.1. The quantitative estimate of drug-likeness (QED) is 0.863. The molecule has 1 N–H and O–H groups in total. The van der Waals surface area contributed by atoms with Crippen LogP contribution in [0, 0.1) is 13.8 Å². The van der Waals surface area contributed by atoms with E-state index in [4.69, 9.17) is 4.74 Å². The second kappa shape index (κ2) is 7.41. The van der Waals surface area contributed by atoms with Crippen molar-refractivity contribution in [3.63, 3.8) is 0 Å². The monoisotopic (exact) mass is 297 g/mol. The van der Waals surface area contributed by atoms with E-state index in [1.54, 1.807) is 12.1 Å². The molecule has 0 aliphatic rings. The summed E-state index contributed by atoms with van der Waals surface area (Å²) in [5.41, 5.74) is 3.58. The molecule has 0 saturated heterocycles. The maximum Gasteiger partial charge on any atom is 0.338 e. The largest absolute Gasteiger partial charge is 0.452 e. The minimum absolute atomic E-state index is 0.279. The van der Waals surface area contributed by atoms with E-state index in [2.05, 4.69) is 5.32 Å². The normalized spacial score (nSPS) is 10.1. The fourth-order valence-corrected chi connectivity index (χ4v) is 1.93. The predicted octanol–water partition coefficient (Wildman–Crippen LogP) is 2.78. The van der Waals surface area contributed by atoms with Crippen molar-refractivity contribution in [1.29, 1.82) is 0 Å². The third-order valence-electron chi connectivity index (χ3n) is 3.41. The Morgan fingerprint density at radius 1 is 1.00 bits per heavy atom. The van der Waals surface area contributed by atoms with Crippen molar-refractivity contribution in [2.45, 2.75) is 20.4 Å². The van der Waals surface area contributed by atoms with E-state index in [1.807, 2.05) is 50.2 Å². The third-order valence-corrected chi connectivity index (χ3v) is 3.41. The van der Waals surface area contributed by atoms with Gasteiger partial charge < -0.3 is 10.1 Å². The van der Waals surface area contributed by atoms with Crippen LogP contribution in [0.5, 0.6) is 0 Å². The fourth-order valence-electron chi connectivity index (χ4n) is 1.93. The van der Waals surface area contributed by atoms with Gasteiger partial charge in [-0.1, -0.05) is 36.4 Å². The van der Waals surface area contributed by atoms with Gasteiger partial charge in [0.1, 0.15) is 0 Å². The van der Waals surface area contributed by atoms with E-state index in [9.17, 15) is 9.59 Å². The van der Waals surface area contributed by atoms with Crippen LogP contribution in [0.2, 0.25) is 0 Å². The second-order valence-corrected chi connectivity index (χ2v) is 5.14. The van der Waals surface area contributed by atoms with Crippen LogP contribution < -0.4 is 5.32 Å². The summed E-state index contributed by atoms with van der Waals surface area (Å²) in [6, 6.07) is 14.9. The molecule has 0 saturated carbocycles. The molecule has 2 aromatic rings. The summed E-state index contributed by atoms with van der Waals surface area (Å²) in [5.74, 6) is -0.806. The van der Waals surface area contributed by atoms with Crippen molar-refractivity contribution in [2.24, 2.45) is 0 Å². The van der Waals surface area contributed by atoms with Gasteiger partial charge in [-0.25, -0.2) is 4.79 Å². The fraction of sp³-hybridized carbons (Fsp3) is 0.222. The van der Waals surface area contributed by atoms with Crippen LogP contribution in [0.25, 0.3) is 0 Å². The molecule has 114 valence electrons. The van der Waals surface area contributed by atoms with Gasteiger partial charge in [-0.05, 0) is 42.7 Å². The molecule has 4 nitrogen and oxygen atoms in total. The molecule has 22 heavy (non-hydrogen) atoms. The van der Waals surface area contributed by atoms with Gasteiger partial charge in [-0.15, -0.1) is 0 Å². The molecule has 2 aromatic carbocycles. The summed E-state index contributed by atoms with van der Waals surface area (Å²) < 4.78 is 5.02. The number of hydrogen-bond acceptors (Lipinski definition) is 3. The molecule has 0 radical (unpaired) electrons. The van der Waals surface area contributed by atoms with Crippen LogP contribution in [0.4, 0.5) is 0 Å². The molecular formula is C18H19NO3. The Hall–Kier alpha value is -2.62. The van der Waals surface area contributed by atoms with E-state index in [-0.39, 0.29) is 12.5 Å². The molecule has 0 bridgehead atoms. The molecule has 0 atom stereocenters. The first kappa shape index (κ1) is 15.8. The zero-order valence-corrected chi connectivity index (χ0v) is 12.8. The number of rotatable bonds is 5. The molecule has 1 amide bonds. The highest BCUT2D eigenvalue weighted by Crippen LogP contribution is 2.10. The third kappa shape index (κ3) is 4.45. The number of carbonyl (C=O) groups is 2. The lowest BCUT2D eigenvalue weighted by Gasteiger charge is -2.08. The molecule has 0 unspecified atom stereocenters. The molecular weight excluding hydrogens is 278 g/mol. The highest BCUT2D eigenvalue weighted by Gasteiger charge is 2.10. The Kier molecular flexibility index (Phi) is 5.31. The topological polar surface area (TPSA) is 55.4 Å². The Bertz CT molecular complexity index is 665. The number of ether oxygens (including phenoxy) is 1. The number of benzene rings is 2. The SMILES string of the molecule is Cc1ccc(C(=O)OCC(=O)NCc2ccccc2)cc1C. The summed E-state index contributed by atoms with van der Waals surface area (Å²) in [7, 11) is 0. The van der Waals surface area contributed by atoms with Gasteiger partial charge in [-0.3, -0.25) is 4.79 Å². The van der Waals surface area contributed by atoms with Crippen LogP contribution in [0.1, 0.15) is 27.0 Å². The summed E-state index contributed by atoms with van der Waals surface area (Å²) in [5, 5.41) is 2.71. The summed E-state index contributed by atoms with van der Waals surface area (Å²) in [4.78, 5) is 23.6. The zero-order valence-electron chi connectivity index (χ0n) is 12.8. The Balaban J connectivity index is 1.80. The van der Waals surface area contributed by atoms with Crippen LogP contribution in [-0.4, -0.2) is 18.5 Å². The van der Waals surface area contributed by atoms with Crippen LogP contribution in [-0.2, 0) is 16.1 Å². The molecule has 0 spiro atoms. The maximum absolute atomic E-state index is 11.9. The molecule has 0 aliphatic carbocycles. The van der Waals surface area contributed by atoms with Crippen molar-refractivity contribution < 1.29 is 14.3 Å². The van der Waals surface area contributed by atoms with Crippen molar-refractivity contribution in [3.8, 4) is 0 Å². The predicted molar refractivity (Wildman–Crippen MR) is 84.5 cm³/mol. The lowest BCUT2D eigenvalue weighted by molar-refractivity contribution is -0.124. The van der Waals surface area contributed by atoms with Crippen molar-refractivity contribution in [2.75, 3.05) is 6.61 Å². The van der Waals surface area contributed by atoms with E-state index in [1.165, 1.54) is 0 Å². The van der Waals surface area contributed by atoms with Crippen molar-refractivity contribution >= 4 is 11.9 Å². The number of nitrogens with one attached hydrogen (secondary N) is 1. The van der Waals surface area contributed by atoms with Gasteiger partial charge in [0.2, 0.25) is 0 Å².